The van der Waals surface area contributed by atoms with Crippen LogP contribution in [-0.4, -0.2) is 90.1 Å². The maximum atomic E-state index is 6.17. The minimum atomic E-state index is 0.632. The molecule has 12 rings (SSSR count). The lowest BCUT2D eigenvalue weighted by atomic mass is 9.98. The summed E-state index contributed by atoms with van der Waals surface area (Å²) in [6.45, 7) is 20.7. The van der Waals surface area contributed by atoms with Crippen molar-refractivity contribution in [1.82, 2.24) is 0 Å². The fourth-order valence-corrected chi connectivity index (χ4v) is 15.3. The zero-order valence-electron chi connectivity index (χ0n) is 74.7. The van der Waals surface area contributed by atoms with Gasteiger partial charge in [-0.2, -0.15) is 0 Å². The Morgan fingerprint density at radius 3 is 1.23 bits per heavy atom. The van der Waals surface area contributed by atoms with E-state index in [-0.39, 0.29) is 0 Å². The Kier molecular flexibility index (Phi) is 42.9. The molecule has 0 aliphatic heterocycles. The minimum Gasteiger partial charge on any atom is -0.497 e. The normalized spacial score (nSPS) is 10.4. The monoisotopic (exact) mass is 1740 g/mol. The van der Waals surface area contributed by atoms with Crippen LogP contribution in [0.25, 0.3) is 0 Å². The number of aryl methyl sites for hydroxylation is 17. The summed E-state index contributed by atoms with van der Waals surface area (Å²) < 4.78 is 66.0. The van der Waals surface area contributed by atoms with Crippen molar-refractivity contribution < 1.29 is 56.8 Å². The Morgan fingerprint density at radius 1 is 0.273 bits per heavy atom. The molecular weight excluding hydrogens is 1610 g/mol. The zero-order valence-corrected chi connectivity index (χ0v) is 77.8. The Morgan fingerprint density at radius 2 is 0.694 bits per heavy atom. The minimum absolute atomic E-state index is 0.632. The largest absolute Gasteiger partial charge is 0.497 e. The van der Waals surface area contributed by atoms with Gasteiger partial charge in [0.05, 0.1) is 83.8 Å². The van der Waals surface area contributed by atoms with Crippen molar-refractivity contribution in [2.75, 3.05) is 90.1 Å². The van der Waals surface area contributed by atoms with Gasteiger partial charge in [0.2, 0.25) is 0 Å². The van der Waals surface area contributed by atoms with Crippen molar-refractivity contribution in [3.05, 3.63) is 346 Å². The van der Waals surface area contributed by atoms with E-state index in [9.17, 15) is 0 Å². The van der Waals surface area contributed by atoms with Gasteiger partial charge >= 0.3 is 0 Å². The Bertz CT molecular complexity index is 5120. The van der Waals surface area contributed by atoms with Crippen molar-refractivity contribution in [2.24, 2.45) is 0 Å². The molecular formula is C106H126BrClO12S. The molecule has 0 heterocycles. The average Bonchev–Trinajstić information content (AvgIpc) is 0.865. The van der Waals surface area contributed by atoms with Crippen LogP contribution in [0.15, 0.2) is 246 Å². The predicted molar refractivity (Wildman–Crippen MR) is 507 cm³/mol. The van der Waals surface area contributed by atoms with Crippen LogP contribution in [0, 0.1) is 41.5 Å². The summed E-state index contributed by atoms with van der Waals surface area (Å²) in [5, 5.41) is 0.831. The highest BCUT2D eigenvalue weighted by Crippen LogP contribution is 2.36. The first-order chi connectivity index (χ1) is 58.7. The first-order valence-electron chi connectivity index (χ1n) is 41.5. The van der Waals surface area contributed by atoms with E-state index in [1.807, 2.05) is 87.5 Å². The molecule has 0 unspecified atom stereocenters. The molecule has 12 aromatic rings. The second-order valence-corrected chi connectivity index (χ2v) is 31.2. The molecule has 0 atom stereocenters. The van der Waals surface area contributed by atoms with E-state index in [1.165, 1.54) is 99.5 Å². The van der Waals surface area contributed by atoms with Crippen LogP contribution in [0.2, 0.25) is 5.02 Å². The third-order valence-electron chi connectivity index (χ3n) is 20.8. The highest BCUT2D eigenvalue weighted by atomic mass is 79.9. The number of hydrogen-bond acceptors (Lipinski definition) is 13. The van der Waals surface area contributed by atoms with Crippen molar-refractivity contribution in [3.63, 3.8) is 0 Å². The highest BCUT2D eigenvalue weighted by molar-refractivity contribution is 9.10. The fraction of sp³-hybridized carbons (Fsp3) is 0.321. The summed E-state index contributed by atoms with van der Waals surface area (Å²) in [4.78, 5) is 1.36. The van der Waals surface area contributed by atoms with Gasteiger partial charge in [-0.15, -0.1) is 11.8 Å². The van der Waals surface area contributed by atoms with Crippen LogP contribution in [0.3, 0.4) is 0 Å². The lowest BCUT2D eigenvalue weighted by molar-refractivity contribution is 0.310. The van der Waals surface area contributed by atoms with Gasteiger partial charge in [-0.3, -0.25) is 0 Å². The van der Waals surface area contributed by atoms with E-state index in [2.05, 4.69) is 234 Å². The molecule has 0 saturated heterocycles. The molecule has 0 aromatic heterocycles. The second kappa shape index (κ2) is 53.2. The van der Waals surface area contributed by atoms with Gasteiger partial charge in [0.15, 0.2) is 57.5 Å². The summed E-state index contributed by atoms with van der Waals surface area (Å²) in [6.07, 6.45) is 14.1. The smallest absolute Gasteiger partial charge is 0.163 e. The van der Waals surface area contributed by atoms with Gasteiger partial charge in [-0.25, -0.2) is 0 Å². The number of halogens is 2. The summed E-state index contributed by atoms with van der Waals surface area (Å²) in [7, 11) is 15.1. The lowest BCUT2D eigenvalue weighted by Crippen LogP contribution is -1.98. The van der Waals surface area contributed by atoms with Gasteiger partial charge in [0.1, 0.15) is 11.5 Å². The first kappa shape index (κ1) is 97.5. The highest BCUT2D eigenvalue weighted by Gasteiger charge is 2.15. The third-order valence-corrected chi connectivity index (χ3v) is 22.5. The Balaban J connectivity index is 0.000000200. The third kappa shape index (κ3) is 31.7. The number of rotatable bonds is 34. The maximum Gasteiger partial charge on any atom is 0.163 e. The van der Waals surface area contributed by atoms with E-state index in [0.29, 0.717) is 19.8 Å². The topological polar surface area (TPSA) is 111 Å². The summed E-state index contributed by atoms with van der Waals surface area (Å²) >= 11 is 11.5. The Labute approximate surface area is 740 Å². The van der Waals surface area contributed by atoms with Crippen LogP contribution in [-0.2, 0) is 77.0 Å². The number of para-hydroxylation sites is 1. The van der Waals surface area contributed by atoms with Gasteiger partial charge in [0, 0.05) is 14.4 Å². The van der Waals surface area contributed by atoms with Gasteiger partial charge in [-0.05, 0) is 332 Å². The molecule has 0 amide bonds. The van der Waals surface area contributed by atoms with Crippen LogP contribution >= 0.6 is 39.3 Å². The molecule has 15 heteroatoms. The molecule has 12 aromatic carbocycles. The molecule has 0 N–H and O–H groups in total. The molecule has 0 spiro atoms. The summed E-state index contributed by atoms with van der Waals surface area (Å²) in [5.74, 6) is 9.85. The van der Waals surface area contributed by atoms with E-state index in [0.717, 1.165) is 161 Å². The van der Waals surface area contributed by atoms with Gasteiger partial charge in [-0.1, -0.05) is 178 Å². The lowest BCUT2D eigenvalue weighted by Gasteiger charge is -2.12. The fourth-order valence-electron chi connectivity index (χ4n) is 14.0. The molecule has 642 valence electrons. The number of ether oxygens (including phenoxy) is 12. The molecule has 0 saturated carbocycles. The summed E-state index contributed by atoms with van der Waals surface area (Å²) in [6, 6.07) is 81.4. The number of hydrogen-bond donors (Lipinski definition) is 0. The van der Waals surface area contributed by atoms with Crippen molar-refractivity contribution >= 4 is 39.3 Å². The van der Waals surface area contributed by atoms with Crippen LogP contribution < -0.4 is 56.8 Å². The van der Waals surface area contributed by atoms with Crippen molar-refractivity contribution in [1.29, 1.82) is 0 Å². The van der Waals surface area contributed by atoms with Crippen LogP contribution in [0.1, 0.15) is 121 Å². The average molecular weight is 1740 g/mol. The molecule has 0 radical (unpaired) electrons. The van der Waals surface area contributed by atoms with E-state index in [4.69, 9.17) is 68.4 Å². The van der Waals surface area contributed by atoms with Gasteiger partial charge < -0.3 is 56.8 Å². The number of benzene rings is 12. The first-order valence-corrected chi connectivity index (χ1v) is 43.9. The van der Waals surface area contributed by atoms with E-state index in [1.54, 1.807) is 75.8 Å². The van der Waals surface area contributed by atoms with E-state index >= 15 is 0 Å². The van der Waals surface area contributed by atoms with Crippen molar-refractivity contribution in [2.45, 2.75) is 144 Å². The predicted octanol–water partition coefficient (Wildman–Crippen LogP) is 26.1. The van der Waals surface area contributed by atoms with Gasteiger partial charge in [0.25, 0.3) is 0 Å². The molecule has 0 fully saturated rings. The summed E-state index contributed by atoms with van der Waals surface area (Å²) in [5.41, 5.74) is 23.4. The molecule has 0 bridgehead atoms. The molecule has 121 heavy (non-hydrogen) atoms. The molecule has 12 nitrogen and oxygen atoms in total. The van der Waals surface area contributed by atoms with E-state index < -0.39 is 0 Å². The van der Waals surface area contributed by atoms with Crippen LogP contribution in [0.4, 0.5) is 0 Å². The number of thioether (sulfide) groups is 1. The SMILES string of the molecule is CCOc1cc(CCc2cccc(Cl)c2C)ccc1OC.CCOc1cc(CCc2ccccc2SC)ccc1OC.CCOc1ccc(CCc2ccccc2C)cc1OC.COc1ccc(CCc2ccc(Br)cc2C)cc1OC.COc1ccc(OC)c(CCc2cc(C)ccc2C)c1.COc1cccc(CCc2cccc(C)c2)c1OC. The maximum absolute atomic E-state index is 6.17. The molecule has 0 aliphatic rings. The standard InChI is InChI=1S/C18H21ClO2.C18H22O2S.2C18H22O2.C17H19BrO2.C17H20O2/c1-4-21-18-12-14(9-11-17(18)20-3)8-10-15-6-5-7-16(19)13(15)2;1-4-20-17-13-14(10-12-16(17)19-2)9-11-15-7-5-6-8-18(15)21-3;1-13-5-6-14(2)15(11-13)7-8-16-12-17(19-3)9-10-18(16)20-4;1-4-20-17-12-10-15(13-18(17)19-3)9-11-16-8-6-5-7-14(16)2;1-12-10-15(18)8-7-14(12)6-4-13-5-9-16(19-2)17(11-13)20-3;1-13-6-4-7-14(12-13)10-11-15-8-5-9-16(18-2)17(15)19-3/h5-7,9,11-12H,4,8,10H2,1-3H3;5-8,10,12-13H,4,9,11H2,1-3H3;5-6,9-12H,7-8H2,1-4H3;5-8,10,12-13H,4,9,11H2,1-3H3;5,7-11H,4,6H2,1-3H3;4-9,12H,10-11H2,1-3H3. The zero-order chi connectivity index (χ0) is 87.4. The second-order valence-electron chi connectivity index (χ2n) is 29.0. The van der Waals surface area contributed by atoms with Crippen LogP contribution in [0.5, 0.6) is 69.0 Å². The Hall–Kier alpha value is -10.6. The number of methoxy groups -OCH3 is 9. The molecule has 0 aliphatic carbocycles. The quantitative estimate of drug-likeness (QED) is 0.0357. The van der Waals surface area contributed by atoms with Crippen molar-refractivity contribution in [3.8, 4) is 69.0 Å².